The molecule has 1 atom stereocenters. The molecule has 2 rings (SSSR count). The largest absolute Gasteiger partial charge is 0.481 e. The van der Waals surface area contributed by atoms with Gasteiger partial charge in [0.05, 0.1) is 10.6 Å². The molecule has 7 heteroatoms. The van der Waals surface area contributed by atoms with Crippen LogP contribution < -0.4 is 4.90 Å². The molecule has 116 valence electrons. The molecule has 0 aromatic heterocycles. The summed E-state index contributed by atoms with van der Waals surface area (Å²) in [4.78, 5) is 12.4. The standard InChI is InChI=1S/C14H15ClF3NO2/c15-12-3-2-10(7-11(12)14(16,17)18)19-6-5-9(8-19)1-4-13(20)21/h2-3,7,9H,1,4-6,8H2,(H,20,21). The Morgan fingerprint density at radius 1 is 1.43 bits per heavy atom. The topological polar surface area (TPSA) is 40.5 Å². The molecule has 1 N–H and O–H groups in total. The maximum Gasteiger partial charge on any atom is 0.417 e. The van der Waals surface area contributed by atoms with Gasteiger partial charge in [0.15, 0.2) is 0 Å². The Morgan fingerprint density at radius 3 is 2.76 bits per heavy atom. The third-order valence-electron chi connectivity index (χ3n) is 3.67. The number of hydrogen-bond donors (Lipinski definition) is 1. The first-order chi connectivity index (χ1) is 9.77. The fourth-order valence-electron chi connectivity index (χ4n) is 2.56. The zero-order valence-electron chi connectivity index (χ0n) is 11.2. The van der Waals surface area contributed by atoms with Crippen LogP contribution in [0.25, 0.3) is 0 Å². The van der Waals surface area contributed by atoms with Crippen molar-refractivity contribution in [2.75, 3.05) is 18.0 Å². The van der Waals surface area contributed by atoms with E-state index >= 15 is 0 Å². The van der Waals surface area contributed by atoms with Crippen LogP contribution >= 0.6 is 11.6 Å². The van der Waals surface area contributed by atoms with Gasteiger partial charge in [0, 0.05) is 25.2 Å². The van der Waals surface area contributed by atoms with Gasteiger partial charge in [-0.3, -0.25) is 4.79 Å². The Balaban J connectivity index is 2.08. The maximum atomic E-state index is 12.8. The van der Waals surface area contributed by atoms with Crippen LogP contribution in [0.2, 0.25) is 5.02 Å². The summed E-state index contributed by atoms with van der Waals surface area (Å²) in [6.45, 7) is 1.20. The quantitative estimate of drug-likeness (QED) is 0.909. The molecule has 1 unspecified atom stereocenters. The first-order valence-corrected chi connectivity index (χ1v) is 6.98. The molecule has 1 saturated heterocycles. The first kappa shape index (κ1) is 15.9. The minimum atomic E-state index is -4.48. The molecule has 21 heavy (non-hydrogen) atoms. The molecular formula is C14H15ClF3NO2. The molecule has 1 heterocycles. The van der Waals surface area contributed by atoms with E-state index in [0.717, 1.165) is 12.5 Å². The Morgan fingerprint density at radius 2 is 2.14 bits per heavy atom. The summed E-state index contributed by atoms with van der Waals surface area (Å²) in [5.41, 5.74) is -0.361. The van der Waals surface area contributed by atoms with Crippen LogP contribution in [0, 0.1) is 5.92 Å². The first-order valence-electron chi connectivity index (χ1n) is 6.61. The lowest BCUT2D eigenvalue weighted by atomic mass is 10.0. The highest BCUT2D eigenvalue weighted by atomic mass is 35.5. The van der Waals surface area contributed by atoms with E-state index in [2.05, 4.69) is 0 Å². The van der Waals surface area contributed by atoms with Gasteiger partial charge in [-0.25, -0.2) is 0 Å². The van der Waals surface area contributed by atoms with Gasteiger partial charge in [-0.05, 0) is 37.0 Å². The summed E-state index contributed by atoms with van der Waals surface area (Å²) in [5, 5.41) is 8.35. The number of nitrogens with zero attached hydrogens (tertiary/aromatic N) is 1. The molecule has 1 fully saturated rings. The molecule has 1 aliphatic heterocycles. The molecule has 0 amide bonds. The van der Waals surface area contributed by atoms with E-state index in [0.29, 0.717) is 25.2 Å². The second-order valence-corrected chi connectivity index (χ2v) is 5.60. The van der Waals surface area contributed by atoms with Crippen molar-refractivity contribution in [2.24, 2.45) is 5.92 Å². The van der Waals surface area contributed by atoms with E-state index < -0.39 is 17.7 Å². The third-order valence-corrected chi connectivity index (χ3v) is 4.00. The van der Waals surface area contributed by atoms with E-state index in [4.69, 9.17) is 16.7 Å². The molecule has 0 bridgehead atoms. The van der Waals surface area contributed by atoms with Crippen molar-refractivity contribution >= 4 is 23.3 Å². The summed E-state index contributed by atoms with van der Waals surface area (Å²) < 4.78 is 38.5. The highest BCUT2D eigenvalue weighted by Gasteiger charge is 2.34. The van der Waals surface area contributed by atoms with Crippen molar-refractivity contribution in [3.8, 4) is 0 Å². The van der Waals surface area contributed by atoms with Crippen molar-refractivity contribution in [1.82, 2.24) is 0 Å². The molecule has 0 aliphatic carbocycles. The molecular weight excluding hydrogens is 307 g/mol. The fraction of sp³-hybridized carbons (Fsp3) is 0.500. The lowest BCUT2D eigenvalue weighted by Crippen LogP contribution is -2.20. The number of halogens is 4. The number of carboxylic acids is 1. The van der Waals surface area contributed by atoms with Crippen LogP contribution in [-0.2, 0) is 11.0 Å². The second kappa shape index (κ2) is 6.13. The van der Waals surface area contributed by atoms with Crippen LogP contribution in [0.4, 0.5) is 18.9 Å². The van der Waals surface area contributed by atoms with Crippen molar-refractivity contribution in [3.05, 3.63) is 28.8 Å². The van der Waals surface area contributed by atoms with Gasteiger partial charge in [-0.2, -0.15) is 13.2 Å². The van der Waals surface area contributed by atoms with Gasteiger partial charge in [0.2, 0.25) is 0 Å². The van der Waals surface area contributed by atoms with Gasteiger partial charge in [-0.1, -0.05) is 11.6 Å². The van der Waals surface area contributed by atoms with E-state index in [1.165, 1.54) is 6.07 Å². The zero-order chi connectivity index (χ0) is 15.6. The number of hydrogen-bond acceptors (Lipinski definition) is 2. The van der Waals surface area contributed by atoms with Gasteiger partial charge in [-0.15, -0.1) is 0 Å². The number of carbonyl (C=O) groups is 1. The number of aliphatic carboxylic acids is 1. The van der Waals surface area contributed by atoms with Crippen LogP contribution in [0.15, 0.2) is 18.2 Å². The van der Waals surface area contributed by atoms with Crippen LogP contribution in [0.1, 0.15) is 24.8 Å². The summed E-state index contributed by atoms with van der Waals surface area (Å²) >= 11 is 5.60. The molecule has 1 aliphatic rings. The van der Waals surface area contributed by atoms with Gasteiger partial charge in [0.1, 0.15) is 0 Å². The minimum absolute atomic E-state index is 0.0902. The van der Waals surface area contributed by atoms with Crippen LogP contribution in [-0.4, -0.2) is 24.2 Å². The van der Waals surface area contributed by atoms with Crippen LogP contribution in [0.5, 0.6) is 0 Å². The molecule has 0 radical (unpaired) electrons. The molecule has 0 saturated carbocycles. The second-order valence-electron chi connectivity index (χ2n) is 5.20. The monoisotopic (exact) mass is 321 g/mol. The Labute approximate surface area is 125 Å². The number of benzene rings is 1. The summed E-state index contributed by atoms with van der Waals surface area (Å²) in [5.74, 6) is -0.648. The third kappa shape index (κ3) is 4.03. The number of carboxylic acid groups (broad SMARTS) is 1. The van der Waals surface area contributed by atoms with Crippen LogP contribution in [0.3, 0.4) is 0 Å². The average molecular weight is 322 g/mol. The van der Waals surface area contributed by atoms with E-state index in [9.17, 15) is 18.0 Å². The molecule has 1 aromatic rings. The smallest absolute Gasteiger partial charge is 0.417 e. The Bertz CT molecular complexity index is 533. The summed E-state index contributed by atoms with van der Waals surface area (Å²) in [6.07, 6.45) is -3.05. The highest BCUT2D eigenvalue weighted by Crippen LogP contribution is 2.38. The van der Waals surface area contributed by atoms with Crippen molar-refractivity contribution in [1.29, 1.82) is 0 Å². The number of rotatable bonds is 4. The normalized spacial score (nSPS) is 19.0. The zero-order valence-corrected chi connectivity index (χ0v) is 11.9. The minimum Gasteiger partial charge on any atom is -0.481 e. The SMILES string of the molecule is O=C(O)CCC1CCN(c2ccc(Cl)c(C(F)(F)F)c2)C1. The maximum absolute atomic E-state index is 12.8. The number of alkyl halides is 3. The highest BCUT2D eigenvalue weighted by molar-refractivity contribution is 6.31. The average Bonchev–Trinajstić information content (AvgIpc) is 2.84. The predicted molar refractivity (Wildman–Crippen MR) is 73.6 cm³/mol. The lowest BCUT2D eigenvalue weighted by molar-refractivity contribution is -0.138. The molecule has 0 spiro atoms. The summed E-state index contributed by atoms with van der Waals surface area (Å²) in [7, 11) is 0. The van der Waals surface area contributed by atoms with E-state index in [1.807, 2.05) is 4.90 Å². The van der Waals surface area contributed by atoms with Crippen molar-refractivity contribution in [2.45, 2.75) is 25.4 Å². The van der Waals surface area contributed by atoms with Crippen molar-refractivity contribution < 1.29 is 23.1 Å². The lowest BCUT2D eigenvalue weighted by Gasteiger charge is -2.20. The van der Waals surface area contributed by atoms with Gasteiger partial charge >= 0.3 is 12.1 Å². The Hall–Kier alpha value is -1.43. The number of anilines is 1. The van der Waals surface area contributed by atoms with E-state index in [1.54, 1.807) is 6.07 Å². The van der Waals surface area contributed by atoms with E-state index in [-0.39, 0.29) is 17.4 Å². The molecule has 3 nitrogen and oxygen atoms in total. The predicted octanol–water partition coefficient (Wildman–Crippen LogP) is 4.05. The fourth-order valence-corrected chi connectivity index (χ4v) is 2.78. The molecule has 1 aromatic carbocycles. The van der Waals surface area contributed by atoms with Crippen molar-refractivity contribution in [3.63, 3.8) is 0 Å². The van der Waals surface area contributed by atoms with Gasteiger partial charge in [0.25, 0.3) is 0 Å². The summed E-state index contributed by atoms with van der Waals surface area (Å²) in [6, 6.07) is 3.88. The Kier molecular flexibility index (Phi) is 4.66. The van der Waals surface area contributed by atoms with Gasteiger partial charge < -0.3 is 10.0 Å².